The minimum absolute atomic E-state index is 0.400. The van der Waals surface area contributed by atoms with Crippen LogP contribution in [0.1, 0.15) is 12.0 Å². The van der Waals surface area contributed by atoms with Gasteiger partial charge in [-0.25, -0.2) is 0 Å². The molecular weight excluding hydrogens is 288 g/mol. The average molecular weight is 304 g/mol. The van der Waals surface area contributed by atoms with Gasteiger partial charge in [-0.15, -0.1) is 11.8 Å². The molecule has 104 valence electrons. The van der Waals surface area contributed by atoms with Crippen LogP contribution in [0.15, 0.2) is 51.1 Å². The van der Waals surface area contributed by atoms with Crippen LogP contribution in [0, 0.1) is 0 Å². The van der Waals surface area contributed by atoms with Crippen molar-refractivity contribution < 1.29 is 9.84 Å². The highest BCUT2D eigenvalue weighted by atomic mass is 32.2. The van der Waals surface area contributed by atoms with Gasteiger partial charge in [0.15, 0.2) is 0 Å². The van der Waals surface area contributed by atoms with Crippen LogP contribution in [0.25, 0.3) is 5.57 Å². The van der Waals surface area contributed by atoms with Gasteiger partial charge in [-0.3, -0.25) is 0 Å². The third-order valence-corrected chi connectivity index (χ3v) is 5.17. The fraction of sp³-hybridized carbons (Fsp3) is 0.250. The SMILES string of the molecule is COc1ccc2c(c1)SC=CC1=C2CC(O)C=C1SC. The summed E-state index contributed by atoms with van der Waals surface area (Å²) in [7, 11) is 1.68. The van der Waals surface area contributed by atoms with Gasteiger partial charge < -0.3 is 9.84 Å². The molecular formula is C16H16O2S2. The fourth-order valence-electron chi connectivity index (χ4n) is 2.56. The summed E-state index contributed by atoms with van der Waals surface area (Å²) in [6.07, 6.45) is 6.43. The molecule has 1 aromatic rings. The van der Waals surface area contributed by atoms with Crippen molar-refractivity contribution in [1.29, 1.82) is 0 Å². The third kappa shape index (κ3) is 2.43. The van der Waals surface area contributed by atoms with Gasteiger partial charge in [0, 0.05) is 16.2 Å². The van der Waals surface area contributed by atoms with E-state index in [0.717, 1.165) is 10.7 Å². The predicted molar refractivity (Wildman–Crippen MR) is 87.1 cm³/mol. The first-order valence-corrected chi connectivity index (χ1v) is 8.52. The zero-order valence-corrected chi connectivity index (χ0v) is 13.1. The molecule has 1 aliphatic heterocycles. The number of hydrogen-bond acceptors (Lipinski definition) is 4. The molecule has 2 aliphatic rings. The van der Waals surface area contributed by atoms with E-state index in [1.165, 1.54) is 21.6 Å². The minimum atomic E-state index is -0.400. The number of hydrogen-bond donors (Lipinski definition) is 1. The zero-order valence-electron chi connectivity index (χ0n) is 11.4. The van der Waals surface area contributed by atoms with Crippen molar-refractivity contribution in [2.24, 2.45) is 0 Å². The van der Waals surface area contributed by atoms with E-state index >= 15 is 0 Å². The molecule has 1 heterocycles. The number of methoxy groups -OCH3 is 1. The number of benzene rings is 1. The van der Waals surface area contributed by atoms with Crippen molar-refractivity contribution >= 4 is 29.1 Å². The Morgan fingerprint density at radius 2 is 2.25 bits per heavy atom. The lowest BCUT2D eigenvalue weighted by atomic mass is 9.90. The van der Waals surface area contributed by atoms with Crippen LogP contribution in [0.2, 0.25) is 0 Å². The lowest BCUT2D eigenvalue weighted by molar-refractivity contribution is 0.227. The maximum Gasteiger partial charge on any atom is 0.120 e. The van der Waals surface area contributed by atoms with Crippen molar-refractivity contribution in [2.75, 3.05) is 13.4 Å². The number of ether oxygens (including phenoxy) is 1. The largest absolute Gasteiger partial charge is 0.497 e. The first-order valence-electron chi connectivity index (χ1n) is 6.42. The number of fused-ring (bicyclic) bond motifs is 2. The molecule has 1 aromatic carbocycles. The van der Waals surface area contributed by atoms with Gasteiger partial charge in [-0.2, -0.15) is 0 Å². The molecule has 4 heteroatoms. The van der Waals surface area contributed by atoms with Gasteiger partial charge >= 0.3 is 0 Å². The molecule has 0 fully saturated rings. The molecule has 0 aromatic heterocycles. The Morgan fingerprint density at radius 1 is 1.40 bits per heavy atom. The van der Waals surface area contributed by atoms with Crippen molar-refractivity contribution in [1.82, 2.24) is 0 Å². The van der Waals surface area contributed by atoms with Crippen LogP contribution in [-0.4, -0.2) is 24.6 Å². The van der Waals surface area contributed by atoms with Gasteiger partial charge in [0.1, 0.15) is 5.75 Å². The van der Waals surface area contributed by atoms with Gasteiger partial charge in [-0.05, 0) is 58.7 Å². The minimum Gasteiger partial charge on any atom is -0.497 e. The molecule has 1 unspecified atom stereocenters. The highest BCUT2D eigenvalue weighted by Gasteiger charge is 2.23. The molecule has 1 aliphatic carbocycles. The normalized spacial score (nSPS) is 20.9. The molecule has 20 heavy (non-hydrogen) atoms. The van der Waals surface area contributed by atoms with Crippen LogP contribution in [0.5, 0.6) is 5.75 Å². The highest BCUT2D eigenvalue weighted by molar-refractivity contribution is 8.03. The first kappa shape index (κ1) is 13.9. The molecule has 0 amide bonds. The Kier molecular flexibility index (Phi) is 3.96. The predicted octanol–water partition coefficient (Wildman–Crippen LogP) is 4.08. The summed E-state index contributed by atoms with van der Waals surface area (Å²) in [5, 5.41) is 12.2. The summed E-state index contributed by atoms with van der Waals surface area (Å²) in [5.41, 5.74) is 3.66. The van der Waals surface area contributed by atoms with Crippen LogP contribution < -0.4 is 4.74 Å². The second-order valence-electron chi connectivity index (χ2n) is 4.68. The molecule has 0 saturated heterocycles. The van der Waals surface area contributed by atoms with E-state index in [-0.39, 0.29) is 0 Å². The van der Waals surface area contributed by atoms with E-state index in [2.05, 4.69) is 29.9 Å². The van der Waals surface area contributed by atoms with Gasteiger partial charge in [-0.1, -0.05) is 11.8 Å². The zero-order chi connectivity index (χ0) is 14.1. The summed E-state index contributed by atoms with van der Waals surface area (Å²) in [6.45, 7) is 0. The molecule has 1 atom stereocenters. The van der Waals surface area contributed by atoms with E-state index in [1.54, 1.807) is 30.6 Å². The highest BCUT2D eigenvalue weighted by Crippen LogP contribution is 2.44. The second-order valence-corrected chi connectivity index (χ2v) is 6.48. The van der Waals surface area contributed by atoms with Crippen molar-refractivity contribution in [2.45, 2.75) is 17.4 Å². The van der Waals surface area contributed by atoms with E-state index in [4.69, 9.17) is 4.74 Å². The van der Waals surface area contributed by atoms with Crippen LogP contribution in [0.4, 0.5) is 0 Å². The Labute approximate surface area is 127 Å². The summed E-state index contributed by atoms with van der Waals surface area (Å²) >= 11 is 3.38. The second kappa shape index (κ2) is 5.72. The maximum absolute atomic E-state index is 10.1. The smallest absolute Gasteiger partial charge is 0.120 e. The van der Waals surface area contributed by atoms with E-state index < -0.39 is 6.10 Å². The molecule has 0 spiro atoms. The number of aliphatic hydroxyl groups excluding tert-OH is 1. The number of aliphatic hydroxyl groups is 1. The van der Waals surface area contributed by atoms with Crippen LogP contribution in [-0.2, 0) is 0 Å². The molecule has 1 N–H and O–H groups in total. The molecule has 2 nitrogen and oxygen atoms in total. The Morgan fingerprint density at radius 3 is 3.00 bits per heavy atom. The number of thioether (sulfide) groups is 2. The average Bonchev–Trinajstić information content (AvgIpc) is 2.65. The lowest BCUT2D eigenvalue weighted by Gasteiger charge is -2.22. The summed E-state index contributed by atoms with van der Waals surface area (Å²) in [6, 6.07) is 6.14. The van der Waals surface area contributed by atoms with Crippen molar-refractivity contribution in [3.63, 3.8) is 0 Å². The summed E-state index contributed by atoms with van der Waals surface area (Å²) in [5.74, 6) is 0.866. The quantitative estimate of drug-likeness (QED) is 0.891. The fourth-order valence-corrected chi connectivity index (χ4v) is 4.12. The monoisotopic (exact) mass is 304 g/mol. The Balaban J connectivity index is 2.16. The Bertz CT molecular complexity index is 629. The van der Waals surface area contributed by atoms with Gasteiger partial charge in [0.05, 0.1) is 13.2 Å². The third-order valence-electron chi connectivity index (χ3n) is 3.51. The van der Waals surface area contributed by atoms with Gasteiger partial charge in [0.25, 0.3) is 0 Å². The van der Waals surface area contributed by atoms with Crippen LogP contribution in [0.3, 0.4) is 0 Å². The van der Waals surface area contributed by atoms with E-state index in [1.807, 2.05) is 12.1 Å². The standard InChI is InChI=1S/C16H16O2S2/c1-18-11-3-4-12-14-7-10(17)8-15(19-2)13(14)5-6-20-16(12)9-11/h3-6,8-10,17H,7H2,1-2H3. The topological polar surface area (TPSA) is 29.5 Å². The summed E-state index contributed by atoms with van der Waals surface area (Å²) in [4.78, 5) is 2.33. The number of rotatable bonds is 2. The van der Waals surface area contributed by atoms with Crippen molar-refractivity contribution in [3.05, 3.63) is 51.8 Å². The van der Waals surface area contributed by atoms with Gasteiger partial charge in [0.2, 0.25) is 0 Å². The van der Waals surface area contributed by atoms with Crippen LogP contribution >= 0.6 is 23.5 Å². The van der Waals surface area contributed by atoms with E-state index in [9.17, 15) is 5.11 Å². The maximum atomic E-state index is 10.1. The summed E-state index contributed by atoms with van der Waals surface area (Å²) < 4.78 is 5.30. The molecule has 0 bridgehead atoms. The van der Waals surface area contributed by atoms with Crippen molar-refractivity contribution in [3.8, 4) is 5.75 Å². The number of allylic oxidation sites excluding steroid dienone is 2. The lowest BCUT2D eigenvalue weighted by Crippen LogP contribution is -2.11. The molecule has 0 saturated carbocycles. The van der Waals surface area contributed by atoms with E-state index in [0.29, 0.717) is 6.42 Å². The Hall–Kier alpha value is -1.10. The molecule has 0 radical (unpaired) electrons. The first-order chi connectivity index (χ1) is 9.72. The molecule has 3 rings (SSSR count).